The lowest BCUT2D eigenvalue weighted by Crippen LogP contribution is -1.98. The summed E-state index contributed by atoms with van der Waals surface area (Å²) < 4.78 is 0. The number of fused-ring (bicyclic) bond motifs is 9. The molecule has 0 atom stereocenters. The molecule has 8 heteroatoms. The number of H-pyrrole nitrogens is 3. The minimum Gasteiger partial charge on any atom is -0.354 e. The normalized spacial score (nSPS) is 11.6. The summed E-state index contributed by atoms with van der Waals surface area (Å²) in [7, 11) is 0. The third-order valence-corrected chi connectivity index (χ3v) is 12.0. The van der Waals surface area contributed by atoms with Crippen LogP contribution in [0.2, 0.25) is 0 Å². The number of hydrogen-bond donors (Lipinski definition) is 3. The molecule has 0 amide bonds. The number of hydrogen-bond acceptors (Lipinski definition) is 5. The molecule has 1 aliphatic heterocycles. The summed E-state index contributed by atoms with van der Waals surface area (Å²) in [6, 6.07) is 64.6. The molecule has 0 saturated heterocycles. The number of aromatic amines is 3. The molecule has 8 bridgehead atoms. The molecule has 0 radical (unpaired) electrons. The van der Waals surface area contributed by atoms with Crippen molar-refractivity contribution < 1.29 is 0 Å². The molecule has 0 fully saturated rings. The van der Waals surface area contributed by atoms with Gasteiger partial charge in [0.15, 0.2) is 0 Å². The highest BCUT2D eigenvalue weighted by Gasteiger charge is 2.24. The largest absolute Gasteiger partial charge is 0.354 e. The molecule has 5 aromatic carbocycles. The molecular weight excluding hydrogens is 797 g/mol. The number of benzene rings is 5. The monoisotopic (exact) mass is 834 g/mol. The lowest BCUT2D eigenvalue weighted by atomic mass is 9.93. The first kappa shape index (κ1) is 37.7. The maximum atomic E-state index is 5.57. The van der Waals surface area contributed by atoms with Crippen molar-refractivity contribution in [2.24, 2.45) is 0 Å². The maximum Gasteiger partial charge on any atom is 0.116 e. The molecule has 306 valence electrons. The first-order valence-electron chi connectivity index (χ1n) is 21.6. The Balaban J connectivity index is 1.25. The Kier molecular flexibility index (Phi) is 9.31. The Labute approximate surface area is 374 Å². The second kappa shape index (κ2) is 16.0. The highest BCUT2D eigenvalue weighted by molar-refractivity contribution is 6.06. The zero-order chi connectivity index (χ0) is 43.1. The van der Waals surface area contributed by atoms with Crippen molar-refractivity contribution in [2.75, 3.05) is 0 Å². The van der Waals surface area contributed by atoms with Gasteiger partial charge in [0, 0.05) is 72.1 Å². The molecule has 8 nitrogen and oxygen atoms in total. The van der Waals surface area contributed by atoms with Crippen molar-refractivity contribution in [3.63, 3.8) is 0 Å². The molecule has 1 aliphatic rings. The van der Waals surface area contributed by atoms with E-state index in [4.69, 9.17) is 24.9 Å². The van der Waals surface area contributed by atoms with E-state index in [9.17, 15) is 0 Å². The van der Waals surface area contributed by atoms with E-state index in [0.29, 0.717) is 0 Å². The molecule has 7 heterocycles. The minimum atomic E-state index is 0.786. The van der Waals surface area contributed by atoms with Gasteiger partial charge in [0.1, 0.15) is 12.7 Å². The minimum absolute atomic E-state index is 0.786. The van der Waals surface area contributed by atoms with Gasteiger partial charge >= 0.3 is 0 Å². The SMILES string of the molecule is C1=Cc2nc1c(-c1ccccc1)c1ccc([nH]1)c(-c1c(-c3ccccc3)ncnc1-c1ccccc1)c1ccc([nH]1)c1ccc([nH]1)c2-c1c(-c2ccccc2)ncnc1-c1ccccc1. The van der Waals surface area contributed by atoms with Gasteiger partial charge in [0.2, 0.25) is 0 Å². The van der Waals surface area contributed by atoms with Gasteiger partial charge in [-0.25, -0.2) is 24.9 Å². The number of nitrogens with one attached hydrogen (secondary N) is 3. The van der Waals surface area contributed by atoms with E-state index in [0.717, 1.165) is 123 Å². The van der Waals surface area contributed by atoms with Gasteiger partial charge in [0.25, 0.3) is 0 Å². The predicted octanol–water partition coefficient (Wildman–Crippen LogP) is 13.9. The van der Waals surface area contributed by atoms with Crippen LogP contribution in [0.4, 0.5) is 0 Å². The molecule has 0 saturated carbocycles. The Morgan fingerprint density at radius 1 is 0.246 bits per heavy atom. The van der Waals surface area contributed by atoms with E-state index >= 15 is 0 Å². The third-order valence-electron chi connectivity index (χ3n) is 12.0. The summed E-state index contributed by atoms with van der Waals surface area (Å²) in [6.07, 6.45) is 7.56. The fourth-order valence-corrected chi connectivity index (χ4v) is 9.09. The van der Waals surface area contributed by atoms with Crippen molar-refractivity contribution >= 4 is 45.3 Å². The van der Waals surface area contributed by atoms with Crippen molar-refractivity contribution in [3.8, 4) is 78.4 Å². The number of aromatic nitrogens is 8. The van der Waals surface area contributed by atoms with Crippen LogP contribution in [0.3, 0.4) is 0 Å². The smallest absolute Gasteiger partial charge is 0.116 e. The van der Waals surface area contributed by atoms with Crippen molar-refractivity contribution in [1.29, 1.82) is 0 Å². The van der Waals surface area contributed by atoms with Crippen LogP contribution in [-0.4, -0.2) is 39.9 Å². The van der Waals surface area contributed by atoms with Crippen LogP contribution in [0.1, 0.15) is 11.4 Å². The van der Waals surface area contributed by atoms with Crippen LogP contribution in [0.5, 0.6) is 0 Å². The highest BCUT2D eigenvalue weighted by Crippen LogP contribution is 2.44. The summed E-state index contributed by atoms with van der Waals surface area (Å²) in [4.78, 5) is 37.2. The zero-order valence-electron chi connectivity index (χ0n) is 34.9. The van der Waals surface area contributed by atoms with Crippen molar-refractivity contribution in [3.05, 3.63) is 212 Å². The van der Waals surface area contributed by atoms with Gasteiger partial charge in [0.05, 0.1) is 45.2 Å². The van der Waals surface area contributed by atoms with Crippen LogP contribution in [0.25, 0.3) is 124 Å². The molecule has 65 heavy (non-hydrogen) atoms. The van der Waals surface area contributed by atoms with Crippen LogP contribution in [-0.2, 0) is 0 Å². The summed E-state index contributed by atoms with van der Waals surface area (Å²) in [5, 5.41) is 0. The first-order valence-corrected chi connectivity index (χ1v) is 21.6. The Hall–Kier alpha value is -9.01. The van der Waals surface area contributed by atoms with Crippen LogP contribution in [0, 0.1) is 0 Å². The van der Waals surface area contributed by atoms with Gasteiger partial charge in [-0.2, -0.15) is 0 Å². The van der Waals surface area contributed by atoms with Crippen molar-refractivity contribution in [2.45, 2.75) is 0 Å². The zero-order valence-corrected chi connectivity index (χ0v) is 34.9. The Bertz CT molecular complexity index is 3570. The molecular formula is C57H38N8. The average Bonchev–Trinajstić information content (AvgIpc) is 4.23. The lowest BCUT2D eigenvalue weighted by molar-refractivity contribution is 1.17. The first-order chi connectivity index (χ1) is 32.2. The van der Waals surface area contributed by atoms with Crippen LogP contribution in [0.15, 0.2) is 201 Å². The standard InChI is InChI=1S/C57H38N8/c1-6-16-36(17-7-1)49-43-30-32-47(64-43)50(52-54(37-18-8-2-9-19-37)58-34-59-55(52)38-20-10-3-11-21-38)45-28-26-41(62-45)42-27-29-46(63-42)51(48-33-31-44(49)65-48)53-56(39-22-12-4-13-23-39)60-35-61-57(53)40-24-14-5-15-25-40/h1-35,62-64H. The fourth-order valence-electron chi connectivity index (χ4n) is 9.09. The van der Waals surface area contributed by atoms with Gasteiger partial charge in [-0.05, 0) is 54.1 Å². The summed E-state index contributed by atoms with van der Waals surface area (Å²) >= 11 is 0. The molecule has 3 N–H and O–H groups in total. The molecule has 11 aromatic rings. The van der Waals surface area contributed by atoms with Gasteiger partial charge in [-0.15, -0.1) is 0 Å². The van der Waals surface area contributed by atoms with Crippen LogP contribution < -0.4 is 0 Å². The Morgan fingerprint density at radius 3 is 0.938 bits per heavy atom. The molecule has 0 spiro atoms. The number of nitrogens with zero attached hydrogens (tertiary/aromatic N) is 5. The third kappa shape index (κ3) is 6.77. The number of rotatable bonds is 7. The van der Waals surface area contributed by atoms with E-state index in [1.165, 1.54) is 0 Å². The quantitative estimate of drug-likeness (QED) is 0.148. The van der Waals surface area contributed by atoms with Gasteiger partial charge in [-0.1, -0.05) is 152 Å². The predicted molar refractivity (Wildman–Crippen MR) is 264 cm³/mol. The van der Waals surface area contributed by atoms with Crippen molar-refractivity contribution in [1.82, 2.24) is 39.9 Å². The highest BCUT2D eigenvalue weighted by atomic mass is 14.9. The Morgan fingerprint density at radius 2 is 0.538 bits per heavy atom. The molecule has 12 rings (SSSR count). The molecule has 0 aliphatic carbocycles. The topological polar surface area (TPSA) is 112 Å². The summed E-state index contributed by atoms with van der Waals surface area (Å²) in [6.45, 7) is 0. The average molecular weight is 835 g/mol. The van der Waals surface area contributed by atoms with E-state index in [1.807, 2.05) is 78.9 Å². The second-order valence-electron chi connectivity index (χ2n) is 15.9. The summed E-state index contributed by atoms with van der Waals surface area (Å²) in [5.74, 6) is 0. The van der Waals surface area contributed by atoms with Crippen LogP contribution >= 0.6 is 0 Å². The molecule has 0 unspecified atom stereocenters. The lowest BCUT2D eigenvalue weighted by Gasteiger charge is -2.15. The molecule has 6 aromatic heterocycles. The van der Waals surface area contributed by atoms with E-state index < -0.39 is 0 Å². The van der Waals surface area contributed by atoms with Gasteiger partial charge in [-0.3, -0.25) is 0 Å². The van der Waals surface area contributed by atoms with Gasteiger partial charge < -0.3 is 15.0 Å². The second-order valence-corrected chi connectivity index (χ2v) is 15.9. The summed E-state index contributed by atoms with van der Waals surface area (Å²) in [5.41, 5.74) is 19.8. The maximum absolute atomic E-state index is 5.57. The fraction of sp³-hybridized carbons (Fsp3) is 0. The van der Waals surface area contributed by atoms with E-state index in [-0.39, 0.29) is 0 Å². The van der Waals surface area contributed by atoms with E-state index in [1.54, 1.807) is 12.7 Å². The van der Waals surface area contributed by atoms with E-state index in [2.05, 4.69) is 136 Å².